The highest BCUT2D eigenvalue weighted by Gasteiger charge is 2.31. The minimum atomic E-state index is -4.76. The Morgan fingerprint density at radius 3 is 2.41 bits per heavy atom. The van der Waals surface area contributed by atoms with Crippen LogP contribution >= 0.6 is 22.9 Å². The van der Waals surface area contributed by atoms with Gasteiger partial charge in [-0.3, -0.25) is 4.99 Å². The second-order valence-electron chi connectivity index (χ2n) is 7.22. The van der Waals surface area contributed by atoms with Gasteiger partial charge in [-0.15, -0.1) is 24.5 Å². The van der Waals surface area contributed by atoms with Crippen LogP contribution in [0.1, 0.15) is 18.9 Å². The number of aromatic nitrogens is 1. The average molecular weight is 534 g/mol. The maximum Gasteiger partial charge on any atom is 0.573 e. The third-order valence-corrected chi connectivity index (χ3v) is 7.31. The van der Waals surface area contributed by atoms with E-state index in [1.165, 1.54) is 23.5 Å². The van der Waals surface area contributed by atoms with E-state index in [-0.39, 0.29) is 18.0 Å². The quantitative estimate of drug-likeness (QED) is 0.364. The molecule has 0 aliphatic rings. The highest BCUT2D eigenvalue weighted by Crippen LogP contribution is 2.27. The Morgan fingerprint density at radius 2 is 1.79 bits per heavy atom. The van der Waals surface area contributed by atoms with Gasteiger partial charge in [0.15, 0.2) is 4.80 Å². The van der Waals surface area contributed by atoms with E-state index in [0.29, 0.717) is 34.9 Å². The van der Waals surface area contributed by atoms with Gasteiger partial charge in [-0.2, -0.15) is 0 Å². The molecule has 3 rings (SSSR count). The van der Waals surface area contributed by atoms with Crippen LogP contribution in [-0.4, -0.2) is 31.6 Å². The minimum Gasteiger partial charge on any atom is -0.406 e. The molecule has 1 heterocycles. The van der Waals surface area contributed by atoms with E-state index in [2.05, 4.69) is 14.5 Å². The summed E-state index contributed by atoms with van der Waals surface area (Å²) < 4.78 is 69.2. The predicted molar refractivity (Wildman–Crippen MR) is 127 cm³/mol. The first-order valence-corrected chi connectivity index (χ1v) is 13.2. The topological polar surface area (TPSA) is 72.7 Å². The summed E-state index contributed by atoms with van der Waals surface area (Å²) in [6.45, 7) is 2.70. The Bertz CT molecular complexity index is 1250. The predicted octanol–water partition coefficient (Wildman–Crippen LogP) is 5.20. The lowest BCUT2D eigenvalue weighted by atomic mass is 10.1. The van der Waals surface area contributed by atoms with E-state index in [4.69, 9.17) is 11.6 Å². The maximum atomic E-state index is 12.5. The van der Waals surface area contributed by atoms with Crippen LogP contribution in [0.3, 0.4) is 0 Å². The van der Waals surface area contributed by atoms with Crippen LogP contribution in [0.25, 0.3) is 11.3 Å². The lowest BCUT2D eigenvalue weighted by Crippen LogP contribution is -2.28. The molecule has 0 saturated carbocycles. The highest BCUT2D eigenvalue weighted by molar-refractivity contribution is 7.89. The Labute approximate surface area is 204 Å². The lowest BCUT2D eigenvalue weighted by molar-refractivity contribution is -0.274. The molecule has 6 nitrogen and oxygen atoms in total. The molecule has 0 aliphatic heterocycles. The second-order valence-corrected chi connectivity index (χ2v) is 10.6. The molecule has 2 aromatic carbocycles. The summed E-state index contributed by atoms with van der Waals surface area (Å²) in [5.41, 5.74) is 2.42. The molecular weight excluding hydrogens is 511 g/mol. The maximum absolute atomic E-state index is 12.5. The molecule has 1 N–H and O–H groups in total. The Hall–Kier alpha value is -2.34. The van der Waals surface area contributed by atoms with Gasteiger partial charge in [-0.25, -0.2) is 13.1 Å². The molecule has 1 aromatic heterocycles. The Balaban J connectivity index is 1.86. The fourth-order valence-electron chi connectivity index (χ4n) is 3.04. The molecule has 0 bridgehead atoms. The fourth-order valence-corrected chi connectivity index (χ4v) is 4.77. The highest BCUT2D eigenvalue weighted by atomic mass is 35.5. The van der Waals surface area contributed by atoms with Crippen molar-refractivity contribution in [1.29, 1.82) is 0 Å². The number of rotatable bonds is 10. The van der Waals surface area contributed by atoms with Crippen molar-refractivity contribution in [1.82, 2.24) is 9.29 Å². The van der Waals surface area contributed by atoms with E-state index in [0.717, 1.165) is 11.3 Å². The molecule has 0 unspecified atom stereocenters. The summed E-state index contributed by atoms with van der Waals surface area (Å²) in [6.07, 6.45) is -4.25. The van der Waals surface area contributed by atoms with E-state index in [9.17, 15) is 21.6 Å². The van der Waals surface area contributed by atoms with Crippen LogP contribution < -0.4 is 14.3 Å². The zero-order chi connectivity index (χ0) is 24.8. The number of hydrogen-bond donors (Lipinski definition) is 1. The molecule has 0 fully saturated rings. The first kappa shape index (κ1) is 26.3. The molecule has 3 aromatic rings. The van der Waals surface area contributed by atoms with Crippen LogP contribution in [0, 0.1) is 0 Å². The summed E-state index contributed by atoms with van der Waals surface area (Å²) in [7, 11) is -3.30. The molecule has 0 spiro atoms. The van der Waals surface area contributed by atoms with Crippen LogP contribution in [0.2, 0.25) is 5.02 Å². The van der Waals surface area contributed by atoms with Crippen LogP contribution in [0.4, 0.5) is 13.2 Å². The smallest absolute Gasteiger partial charge is 0.406 e. The Kier molecular flexibility index (Phi) is 8.80. The molecule has 184 valence electrons. The van der Waals surface area contributed by atoms with Gasteiger partial charge in [-0.05, 0) is 60.9 Å². The van der Waals surface area contributed by atoms with Crippen molar-refractivity contribution < 1.29 is 26.3 Å². The molecule has 34 heavy (non-hydrogen) atoms. The number of hydrogen-bond acceptors (Lipinski definition) is 5. The van der Waals surface area contributed by atoms with Crippen molar-refractivity contribution >= 4 is 33.0 Å². The summed E-state index contributed by atoms with van der Waals surface area (Å²) in [5, 5.41) is 2.50. The zero-order valence-electron chi connectivity index (χ0n) is 18.2. The number of nitrogens with zero attached hydrogens (tertiary/aromatic N) is 2. The van der Waals surface area contributed by atoms with Gasteiger partial charge >= 0.3 is 6.36 Å². The van der Waals surface area contributed by atoms with Gasteiger partial charge in [0.2, 0.25) is 10.0 Å². The molecule has 12 heteroatoms. The summed E-state index contributed by atoms with van der Waals surface area (Å²) in [4.78, 5) is 5.40. The molecule has 0 amide bonds. The molecular formula is C22H23ClF3N3O3S2. The van der Waals surface area contributed by atoms with Gasteiger partial charge in [0.25, 0.3) is 0 Å². The van der Waals surface area contributed by atoms with E-state index in [1.54, 1.807) is 31.2 Å². The van der Waals surface area contributed by atoms with Crippen molar-refractivity contribution in [2.75, 3.05) is 12.3 Å². The number of alkyl halides is 3. The monoisotopic (exact) mass is 533 g/mol. The summed E-state index contributed by atoms with van der Waals surface area (Å²) in [5.74, 6) is -0.308. The molecule has 0 saturated heterocycles. The third kappa shape index (κ3) is 7.86. The normalized spacial score (nSPS) is 12.8. The summed E-state index contributed by atoms with van der Waals surface area (Å²) >= 11 is 7.33. The van der Waals surface area contributed by atoms with Gasteiger partial charge < -0.3 is 9.30 Å². The largest absolute Gasteiger partial charge is 0.573 e. The van der Waals surface area contributed by atoms with E-state index < -0.39 is 16.4 Å². The van der Waals surface area contributed by atoms with E-state index in [1.807, 2.05) is 22.1 Å². The number of halogens is 4. The molecule has 0 aliphatic carbocycles. The SMILES string of the molecule is CCS(=O)(=O)NCCCn1c(-c2ccc(OC(F)(F)F)cc2)cs/c1=N\Cc1ccc(Cl)cc1. The number of ether oxygens (including phenoxy) is 1. The third-order valence-electron chi connectivity index (χ3n) is 4.75. The number of nitrogens with one attached hydrogen (secondary N) is 1. The first-order valence-electron chi connectivity index (χ1n) is 10.3. The van der Waals surface area contributed by atoms with Crippen molar-refractivity contribution in [2.24, 2.45) is 4.99 Å². The fraction of sp³-hybridized carbons (Fsp3) is 0.318. The van der Waals surface area contributed by atoms with Crippen molar-refractivity contribution in [3.63, 3.8) is 0 Å². The second kappa shape index (κ2) is 11.4. The average Bonchev–Trinajstić information content (AvgIpc) is 3.18. The van der Waals surface area contributed by atoms with Gasteiger partial charge in [0, 0.05) is 23.5 Å². The van der Waals surface area contributed by atoms with Crippen molar-refractivity contribution in [2.45, 2.75) is 32.8 Å². The first-order chi connectivity index (χ1) is 16.1. The minimum absolute atomic E-state index is 0.00212. The Morgan fingerprint density at radius 1 is 1.12 bits per heavy atom. The molecule has 0 radical (unpaired) electrons. The lowest BCUT2D eigenvalue weighted by Gasteiger charge is -2.12. The number of benzene rings is 2. The van der Waals surface area contributed by atoms with Gasteiger partial charge in [0.05, 0.1) is 18.0 Å². The van der Waals surface area contributed by atoms with Crippen LogP contribution in [0.15, 0.2) is 58.9 Å². The molecule has 0 atom stereocenters. The van der Waals surface area contributed by atoms with Crippen molar-refractivity contribution in [3.8, 4) is 17.0 Å². The zero-order valence-corrected chi connectivity index (χ0v) is 20.6. The van der Waals surface area contributed by atoms with Crippen molar-refractivity contribution in [3.05, 3.63) is 69.3 Å². The number of thiazole rings is 1. The van der Waals surface area contributed by atoms with Crippen LogP contribution in [-0.2, 0) is 23.1 Å². The van der Waals surface area contributed by atoms with Gasteiger partial charge in [0.1, 0.15) is 5.75 Å². The van der Waals surface area contributed by atoms with Gasteiger partial charge in [-0.1, -0.05) is 23.7 Å². The van der Waals surface area contributed by atoms with E-state index >= 15 is 0 Å². The summed E-state index contributed by atoms with van der Waals surface area (Å²) in [6, 6.07) is 12.9. The van der Waals surface area contributed by atoms with Crippen LogP contribution in [0.5, 0.6) is 5.75 Å². The standard InChI is InChI=1S/C22H23ClF3N3O3S2/c1-2-34(30,31)28-12-3-13-29-20(17-6-10-19(11-7-17)32-22(24,25)26)15-33-21(29)27-14-16-4-8-18(23)9-5-16/h4-11,15,28H,2-3,12-14H2,1H3/b27-21-. The number of sulfonamides is 1.